The fourth-order valence-corrected chi connectivity index (χ4v) is 3.68. The number of ketones is 2. The van der Waals surface area contributed by atoms with Gasteiger partial charge in [-0.1, -0.05) is 11.6 Å². The van der Waals surface area contributed by atoms with Crippen LogP contribution in [0.25, 0.3) is 0 Å². The Hall–Kier alpha value is -1.49. The number of Topliss-reactive ketones (excluding diaryl/α,β-unsaturated/α-hetero) is 2. The number of hydrogen-bond acceptors (Lipinski definition) is 5. The van der Waals surface area contributed by atoms with Crippen LogP contribution in [0.1, 0.15) is 26.2 Å². The highest BCUT2D eigenvalue weighted by molar-refractivity contribution is 6.10. The zero-order valence-electron chi connectivity index (χ0n) is 10.7. The minimum absolute atomic E-state index is 0.00349. The molecule has 5 unspecified atom stereocenters. The smallest absolute Gasteiger partial charge is 0.312 e. The minimum Gasteiger partial charge on any atom is -0.436 e. The second-order valence-corrected chi connectivity index (χ2v) is 5.74. The molecule has 0 aromatic heterocycles. The first-order valence-corrected chi connectivity index (χ1v) is 6.59. The predicted octanol–water partition coefficient (Wildman–Crippen LogP) is 0.608. The van der Waals surface area contributed by atoms with Gasteiger partial charge in [-0.3, -0.25) is 14.4 Å². The summed E-state index contributed by atoms with van der Waals surface area (Å²) in [4.78, 5) is 35.3. The van der Waals surface area contributed by atoms with Crippen molar-refractivity contribution < 1.29 is 24.2 Å². The van der Waals surface area contributed by atoms with Gasteiger partial charge in [-0.2, -0.15) is 0 Å². The number of carbonyl (C=O) groups is 3. The largest absolute Gasteiger partial charge is 0.436 e. The van der Waals surface area contributed by atoms with Crippen LogP contribution >= 0.6 is 0 Å². The number of aliphatic hydroxyl groups is 1. The number of fused-ring (bicyclic) bond motifs is 1. The van der Waals surface area contributed by atoms with Crippen molar-refractivity contribution in [3.63, 3.8) is 0 Å². The molecule has 19 heavy (non-hydrogen) atoms. The van der Waals surface area contributed by atoms with Crippen LogP contribution in [-0.4, -0.2) is 28.9 Å². The summed E-state index contributed by atoms with van der Waals surface area (Å²) in [6, 6.07) is 0. The summed E-state index contributed by atoms with van der Waals surface area (Å²) in [6.07, 6.45) is 1.68. The zero-order valence-corrected chi connectivity index (χ0v) is 10.7. The van der Waals surface area contributed by atoms with Gasteiger partial charge >= 0.3 is 5.97 Å². The molecule has 0 radical (unpaired) electrons. The fourth-order valence-electron chi connectivity index (χ4n) is 3.68. The lowest BCUT2D eigenvalue weighted by Crippen LogP contribution is -2.31. The number of rotatable bonds is 1. The molecule has 1 saturated heterocycles. The van der Waals surface area contributed by atoms with E-state index in [1.54, 1.807) is 0 Å². The van der Waals surface area contributed by atoms with E-state index in [0.717, 1.165) is 5.57 Å². The number of ether oxygens (including phenoxy) is 1. The third-order valence-corrected chi connectivity index (χ3v) is 4.53. The molecule has 5 heteroatoms. The summed E-state index contributed by atoms with van der Waals surface area (Å²) < 4.78 is 4.76. The van der Waals surface area contributed by atoms with Crippen LogP contribution in [0.15, 0.2) is 11.6 Å². The molecule has 0 aromatic carbocycles. The van der Waals surface area contributed by atoms with Crippen LogP contribution < -0.4 is 0 Å². The molecular weight excluding hydrogens is 248 g/mol. The highest BCUT2D eigenvalue weighted by atomic mass is 16.6. The Morgan fingerprint density at radius 1 is 1.16 bits per heavy atom. The van der Waals surface area contributed by atoms with E-state index in [9.17, 15) is 19.5 Å². The van der Waals surface area contributed by atoms with Gasteiger partial charge in [-0.05, 0) is 19.3 Å². The van der Waals surface area contributed by atoms with Crippen molar-refractivity contribution in [3.8, 4) is 0 Å². The van der Waals surface area contributed by atoms with Gasteiger partial charge < -0.3 is 9.84 Å². The van der Waals surface area contributed by atoms with Crippen molar-refractivity contribution in [1.29, 1.82) is 0 Å². The van der Waals surface area contributed by atoms with E-state index in [1.165, 1.54) is 0 Å². The highest BCUT2D eigenvalue weighted by Crippen LogP contribution is 2.44. The lowest BCUT2D eigenvalue weighted by Gasteiger charge is -2.30. The van der Waals surface area contributed by atoms with Gasteiger partial charge in [0.1, 0.15) is 11.6 Å². The molecule has 1 saturated carbocycles. The van der Waals surface area contributed by atoms with E-state index in [1.807, 2.05) is 13.0 Å². The second-order valence-electron chi connectivity index (χ2n) is 5.74. The summed E-state index contributed by atoms with van der Waals surface area (Å²) >= 11 is 0. The molecule has 5 nitrogen and oxygen atoms in total. The van der Waals surface area contributed by atoms with Gasteiger partial charge in [0.15, 0.2) is 0 Å². The number of esters is 1. The Balaban J connectivity index is 1.87. The third kappa shape index (κ3) is 1.92. The van der Waals surface area contributed by atoms with Crippen LogP contribution in [0.4, 0.5) is 0 Å². The predicted molar refractivity (Wildman–Crippen MR) is 63.7 cm³/mol. The number of cyclic esters (lactones) is 1. The minimum atomic E-state index is -1.04. The number of carbonyl (C=O) groups excluding carboxylic acids is 3. The standard InChI is InChI=1S/C14H16O5/c1-6-2-7(8-4-12(17)19-14(8)18)3-9-10(15)5-11(16)13(6)9/h2,7-9,12-13,17H,3-5H2,1H3. The van der Waals surface area contributed by atoms with Crippen molar-refractivity contribution in [2.75, 3.05) is 0 Å². The monoisotopic (exact) mass is 264 g/mol. The molecule has 102 valence electrons. The van der Waals surface area contributed by atoms with Crippen LogP contribution in [-0.2, 0) is 19.1 Å². The van der Waals surface area contributed by atoms with Crippen LogP contribution in [0.3, 0.4) is 0 Å². The molecule has 3 rings (SSSR count). The van der Waals surface area contributed by atoms with Crippen LogP contribution in [0.5, 0.6) is 0 Å². The zero-order chi connectivity index (χ0) is 13.7. The molecule has 0 amide bonds. The summed E-state index contributed by atoms with van der Waals surface area (Å²) in [5.41, 5.74) is 0.881. The Morgan fingerprint density at radius 3 is 2.53 bits per heavy atom. The first kappa shape index (κ1) is 12.5. The number of allylic oxidation sites excluding steroid dienone is 2. The normalized spacial score (nSPS) is 42.1. The maximum atomic E-state index is 11.9. The topological polar surface area (TPSA) is 80.7 Å². The van der Waals surface area contributed by atoms with Gasteiger partial charge in [0.2, 0.25) is 6.29 Å². The first-order valence-electron chi connectivity index (χ1n) is 6.59. The molecule has 3 aliphatic rings. The van der Waals surface area contributed by atoms with Crippen molar-refractivity contribution in [3.05, 3.63) is 11.6 Å². The Labute approximate surface area is 110 Å². The SMILES string of the molecule is CC1=CC(C2CC(O)OC2=O)CC2C(=O)CC(=O)C12. The molecule has 0 aromatic rings. The van der Waals surface area contributed by atoms with E-state index < -0.39 is 18.2 Å². The van der Waals surface area contributed by atoms with Gasteiger partial charge in [-0.25, -0.2) is 0 Å². The molecule has 2 fully saturated rings. The molecule has 1 N–H and O–H groups in total. The Bertz CT molecular complexity index is 492. The second kappa shape index (κ2) is 4.27. The maximum Gasteiger partial charge on any atom is 0.312 e. The lowest BCUT2D eigenvalue weighted by atomic mass is 9.71. The first-order chi connectivity index (χ1) is 8.97. The molecule has 5 atom stereocenters. The van der Waals surface area contributed by atoms with E-state index in [-0.39, 0.29) is 42.2 Å². The quantitative estimate of drug-likeness (QED) is 0.426. The van der Waals surface area contributed by atoms with Crippen molar-refractivity contribution in [2.45, 2.75) is 32.5 Å². The average molecular weight is 264 g/mol. The summed E-state index contributed by atoms with van der Waals surface area (Å²) in [5, 5.41) is 9.36. The van der Waals surface area contributed by atoms with E-state index >= 15 is 0 Å². The Kier molecular flexibility index (Phi) is 2.82. The van der Waals surface area contributed by atoms with Crippen LogP contribution in [0.2, 0.25) is 0 Å². The maximum absolute atomic E-state index is 11.9. The molecule has 1 aliphatic heterocycles. The number of aliphatic hydroxyl groups excluding tert-OH is 1. The van der Waals surface area contributed by atoms with Gasteiger partial charge in [-0.15, -0.1) is 0 Å². The molecule has 2 aliphatic carbocycles. The summed E-state index contributed by atoms with van der Waals surface area (Å²) in [7, 11) is 0. The average Bonchev–Trinajstić information content (AvgIpc) is 2.80. The summed E-state index contributed by atoms with van der Waals surface area (Å²) in [5.74, 6) is -1.50. The summed E-state index contributed by atoms with van der Waals surface area (Å²) in [6.45, 7) is 1.84. The van der Waals surface area contributed by atoms with Crippen molar-refractivity contribution >= 4 is 17.5 Å². The molecule has 0 spiro atoms. The van der Waals surface area contributed by atoms with E-state index in [0.29, 0.717) is 6.42 Å². The highest BCUT2D eigenvalue weighted by Gasteiger charge is 2.48. The lowest BCUT2D eigenvalue weighted by molar-refractivity contribution is -0.156. The Morgan fingerprint density at radius 2 is 1.89 bits per heavy atom. The van der Waals surface area contributed by atoms with Gasteiger partial charge in [0.25, 0.3) is 0 Å². The van der Waals surface area contributed by atoms with Gasteiger partial charge in [0, 0.05) is 18.3 Å². The molecule has 0 bridgehead atoms. The van der Waals surface area contributed by atoms with E-state index in [2.05, 4.69) is 0 Å². The molecular formula is C14H16O5. The van der Waals surface area contributed by atoms with Crippen LogP contribution in [0, 0.1) is 23.7 Å². The number of hydrogen-bond donors (Lipinski definition) is 1. The van der Waals surface area contributed by atoms with Crippen molar-refractivity contribution in [2.24, 2.45) is 23.7 Å². The third-order valence-electron chi connectivity index (χ3n) is 4.53. The fraction of sp³-hybridized carbons (Fsp3) is 0.643. The van der Waals surface area contributed by atoms with E-state index in [4.69, 9.17) is 4.74 Å². The van der Waals surface area contributed by atoms with Crippen molar-refractivity contribution in [1.82, 2.24) is 0 Å². The van der Waals surface area contributed by atoms with Gasteiger partial charge in [0.05, 0.1) is 12.3 Å². The molecule has 1 heterocycles.